The zero-order valence-electron chi connectivity index (χ0n) is 14.2. The Morgan fingerprint density at radius 2 is 1.92 bits per heavy atom. The molecule has 0 amide bonds. The first-order chi connectivity index (χ1) is 12.2. The molecule has 0 spiro atoms. The van der Waals surface area contributed by atoms with Gasteiger partial charge in [0.25, 0.3) is 0 Å². The number of morpholine rings is 1. The normalized spacial score (nSPS) is 20.6. The molecular weight excluding hydrogens is 318 g/mol. The first kappa shape index (κ1) is 15.7. The summed E-state index contributed by atoms with van der Waals surface area (Å²) in [5, 5.41) is 0. The number of ether oxygens (including phenoxy) is 1. The number of aromatic nitrogens is 4. The molecule has 7 heteroatoms. The van der Waals surface area contributed by atoms with Crippen molar-refractivity contribution in [1.82, 2.24) is 19.9 Å². The van der Waals surface area contributed by atoms with E-state index >= 15 is 0 Å². The van der Waals surface area contributed by atoms with Gasteiger partial charge in [0.1, 0.15) is 5.69 Å². The quantitative estimate of drug-likeness (QED) is 0.727. The van der Waals surface area contributed by atoms with E-state index in [-0.39, 0.29) is 12.2 Å². The van der Waals surface area contributed by atoms with Gasteiger partial charge in [0.15, 0.2) is 5.76 Å². The molecule has 4 heterocycles. The summed E-state index contributed by atoms with van der Waals surface area (Å²) >= 11 is 0. The molecule has 2 atom stereocenters. The smallest absolute Gasteiger partial charge is 0.226 e. The van der Waals surface area contributed by atoms with Crippen LogP contribution in [0.15, 0.2) is 47.6 Å². The van der Waals surface area contributed by atoms with Crippen molar-refractivity contribution in [1.29, 1.82) is 0 Å². The monoisotopic (exact) mass is 337 g/mol. The lowest BCUT2D eigenvalue weighted by Crippen LogP contribution is -2.46. The Labute approximate surface area is 145 Å². The first-order valence-electron chi connectivity index (χ1n) is 8.28. The van der Waals surface area contributed by atoms with Gasteiger partial charge in [-0.15, -0.1) is 0 Å². The Balaban J connectivity index is 1.78. The van der Waals surface area contributed by atoms with E-state index in [9.17, 15) is 0 Å². The number of anilines is 1. The van der Waals surface area contributed by atoms with Gasteiger partial charge in [-0.25, -0.2) is 9.97 Å². The molecule has 1 fully saturated rings. The zero-order chi connectivity index (χ0) is 17.2. The summed E-state index contributed by atoms with van der Waals surface area (Å²) < 4.78 is 11.4. The van der Waals surface area contributed by atoms with Gasteiger partial charge in [-0.2, -0.15) is 0 Å². The maximum atomic E-state index is 5.80. The van der Waals surface area contributed by atoms with Crippen LogP contribution in [0.2, 0.25) is 0 Å². The topological polar surface area (TPSA) is 77.2 Å². The third kappa shape index (κ3) is 3.23. The lowest BCUT2D eigenvalue weighted by Gasteiger charge is -2.35. The van der Waals surface area contributed by atoms with Gasteiger partial charge in [-0.05, 0) is 26.0 Å². The molecule has 7 nitrogen and oxygen atoms in total. The maximum absolute atomic E-state index is 5.80. The fourth-order valence-electron chi connectivity index (χ4n) is 3.09. The van der Waals surface area contributed by atoms with Crippen LogP contribution in [-0.2, 0) is 4.74 Å². The Hall–Kier alpha value is -2.80. The Morgan fingerprint density at radius 3 is 2.60 bits per heavy atom. The van der Waals surface area contributed by atoms with E-state index in [0.29, 0.717) is 23.1 Å². The van der Waals surface area contributed by atoms with Crippen LogP contribution in [0.1, 0.15) is 13.8 Å². The van der Waals surface area contributed by atoms with Crippen molar-refractivity contribution in [3.63, 3.8) is 0 Å². The summed E-state index contributed by atoms with van der Waals surface area (Å²) in [5.74, 6) is 1.35. The van der Waals surface area contributed by atoms with E-state index < -0.39 is 0 Å². The van der Waals surface area contributed by atoms with Crippen molar-refractivity contribution in [2.24, 2.45) is 0 Å². The molecule has 0 bridgehead atoms. The summed E-state index contributed by atoms with van der Waals surface area (Å²) in [7, 11) is 0. The average molecular weight is 337 g/mol. The van der Waals surface area contributed by atoms with Crippen LogP contribution < -0.4 is 4.90 Å². The summed E-state index contributed by atoms with van der Waals surface area (Å²) in [6, 6.07) is 3.73. The molecule has 0 aliphatic carbocycles. The van der Waals surface area contributed by atoms with E-state index in [2.05, 4.69) is 33.7 Å². The SMILES string of the molecule is CC1CN(c2ncc(-c3cnccn3)c(-c3ccco3)n2)CC(C)O1. The van der Waals surface area contributed by atoms with Gasteiger partial charge >= 0.3 is 0 Å². The van der Waals surface area contributed by atoms with E-state index in [1.54, 1.807) is 31.1 Å². The lowest BCUT2D eigenvalue weighted by atomic mass is 10.1. The molecule has 1 aliphatic rings. The van der Waals surface area contributed by atoms with Crippen LogP contribution in [-0.4, -0.2) is 45.2 Å². The fraction of sp³-hybridized carbons (Fsp3) is 0.333. The van der Waals surface area contributed by atoms with Crippen molar-refractivity contribution < 1.29 is 9.15 Å². The third-order valence-electron chi connectivity index (χ3n) is 4.07. The summed E-state index contributed by atoms with van der Waals surface area (Å²) in [6.07, 6.45) is 8.69. The van der Waals surface area contributed by atoms with E-state index in [4.69, 9.17) is 14.1 Å². The molecule has 1 saturated heterocycles. The predicted molar refractivity (Wildman–Crippen MR) is 93.0 cm³/mol. The number of furan rings is 1. The van der Waals surface area contributed by atoms with Gasteiger partial charge in [0, 0.05) is 37.2 Å². The number of hydrogen-bond donors (Lipinski definition) is 0. The van der Waals surface area contributed by atoms with Crippen molar-refractivity contribution in [3.8, 4) is 22.7 Å². The maximum Gasteiger partial charge on any atom is 0.226 e. The Bertz CT molecular complexity index is 828. The van der Waals surface area contributed by atoms with Crippen molar-refractivity contribution in [2.75, 3.05) is 18.0 Å². The fourth-order valence-corrected chi connectivity index (χ4v) is 3.09. The molecule has 4 rings (SSSR count). The number of hydrogen-bond acceptors (Lipinski definition) is 7. The highest BCUT2D eigenvalue weighted by Gasteiger charge is 2.25. The molecule has 1 aliphatic heterocycles. The largest absolute Gasteiger partial charge is 0.463 e. The van der Waals surface area contributed by atoms with Gasteiger partial charge in [0.05, 0.1) is 30.4 Å². The minimum atomic E-state index is 0.138. The van der Waals surface area contributed by atoms with Crippen LogP contribution in [0.4, 0.5) is 5.95 Å². The molecule has 3 aromatic heterocycles. The minimum absolute atomic E-state index is 0.138. The summed E-state index contributed by atoms with van der Waals surface area (Å²) in [5.41, 5.74) is 2.22. The molecule has 0 radical (unpaired) electrons. The van der Waals surface area contributed by atoms with Crippen molar-refractivity contribution in [2.45, 2.75) is 26.1 Å². The van der Waals surface area contributed by atoms with Gasteiger partial charge in [0.2, 0.25) is 5.95 Å². The number of rotatable bonds is 3. The lowest BCUT2D eigenvalue weighted by molar-refractivity contribution is -0.00571. The second-order valence-corrected chi connectivity index (χ2v) is 6.16. The Morgan fingerprint density at radius 1 is 1.08 bits per heavy atom. The molecule has 3 aromatic rings. The zero-order valence-corrected chi connectivity index (χ0v) is 14.2. The summed E-state index contributed by atoms with van der Waals surface area (Å²) in [4.78, 5) is 20.0. The van der Waals surface area contributed by atoms with Gasteiger partial charge in [-0.3, -0.25) is 9.97 Å². The third-order valence-corrected chi connectivity index (χ3v) is 4.07. The summed E-state index contributed by atoms with van der Waals surface area (Å²) in [6.45, 7) is 5.63. The molecule has 0 aromatic carbocycles. The molecule has 25 heavy (non-hydrogen) atoms. The molecule has 0 N–H and O–H groups in total. The second kappa shape index (κ2) is 6.60. The van der Waals surface area contributed by atoms with E-state index in [1.165, 1.54) is 0 Å². The highest BCUT2D eigenvalue weighted by molar-refractivity contribution is 5.76. The Kier molecular flexibility index (Phi) is 4.15. The standard InChI is InChI=1S/C18H19N5O2/c1-12-10-23(11-13(2)25-12)18-21-8-14(15-9-19-5-6-20-15)17(22-18)16-4-3-7-24-16/h3-9,12-13H,10-11H2,1-2H3. The van der Waals surface area contributed by atoms with Crippen LogP contribution >= 0.6 is 0 Å². The molecule has 2 unspecified atom stereocenters. The van der Waals surface area contributed by atoms with Crippen LogP contribution in [0.25, 0.3) is 22.7 Å². The minimum Gasteiger partial charge on any atom is -0.463 e. The van der Waals surface area contributed by atoms with E-state index in [1.807, 2.05) is 12.1 Å². The highest BCUT2D eigenvalue weighted by atomic mass is 16.5. The molecule has 128 valence electrons. The van der Waals surface area contributed by atoms with Crippen LogP contribution in [0.5, 0.6) is 0 Å². The van der Waals surface area contributed by atoms with Crippen molar-refractivity contribution in [3.05, 3.63) is 43.2 Å². The van der Waals surface area contributed by atoms with Gasteiger partial charge < -0.3 is 14.1 Å². The highest BCUT2D eigenvalue weighted by Crippen LogP contribution is 2.30. The first-order valence-corrected chi connectivity index (χ1v) is 8.28. The van der Waals surface area contributed by atoms with Crippen molar-refractivity contribution >= 4 is 5.95 Å². The number of nitrogens with zero attached hydrogens (tertiary/aromatic N) is 5. The van der Waals surface area contributed by atoms with Gasteiger partial charge in [-0.1, -0.05) is 0 Å². The van der Waals surface area contributed by atoms with Crippen LogP contribution in [0, 0.1) is 0 Å². The molecular formula is C18H19N5O2. The predicted octanol–water partition coefficient (Wildman–Crippen LogP) is 2.81. The second-order valence-electron chi connectivity index (χ2n) is 6.16. The average Bonchev–Trinajstić information content (AvgIpc) is 3.16. The van der Waals surface area contributed by atoms with E-state index in [0.717, 1.165) is 18.7 Å². The van der Waals surface area contributed by atoms with Crippen LogP contribution in [0.3, 0.4) is 0 Å². The molecule has 0 saturated carbocycles.